The number of hydrogen-bond donors (Lipinski definition) is 1. The summed E-state index contributed by atoms with van der Waals surface area (Å²) in [5.41, 5.74) is 0. The second-order valence-electron chi connectivity index (χ2n) is 4.29. The zero-order valence-electron chi connectivity index (χ0n) is 11.4. The van der Waals surface area contributed by atoms with E-state index < -0.39 is 21.5 Å². The number of carbonyl (C=O) groups is 1. The van der Waals surface area contributed by atoms with Gasteiger partial charge < -0.3 is 14.5 Å². The van der Waals surface area contributed by atoms with E-state index in [-0.39, 0.29) is 11.4 Å². The van der Waals surface area contributed by atoms with Gasteiger partial charge in [-0.1, -0.05) is 0 Å². The first-order chi connectivity index (χ1) is 10.0. The standard InChI is InChI=1S/C14H15NO5S/c1-19-11-4-6-13(7-5-11)21(17,18)10-14(16)15-9-12-3-2-8-20-12/h2-8H,9-10H2,1H3,(H,15,16). The minimum atomic E-state index is -3.67. The first kappa shape index (κ1) is 15.1. The highest BCUT2D eigenvalue weighted by Gasteiger charge is 2.19. The largest absolute Gasteiger partial charge is 0.497 e. The van der Waals surface area contributed by atoms with Gasteiger partial charge >= 0.3 is 0 Å². The molecule has 0 saturated carbocycles. The molecular weight excluding hydrogens is 294 g/mol. The Hall–Kier alpha value is -2.28. The van der Waals surface area contributed by atoms with E-state index in [2.05, 4.69) is 5.32 Å². The lowest BCUT2D eigenvalue weighted by Gasteiger charge is -2.06. The molecule has 0 spiro atoms. The van der Waals surface area contributed by atoms with E-state index >= 15 is 0 Å². The van der Waals surface area contributed by atoms with Crippen molar-refractivity contribution in [2.75, 3.05) is 12.9 Å². The van der Waals surface area contributed by atoms with E-state index in [0.717, 1.165) is 0 Å². The van der Waals surface area contributed by atoms with Crippen LogP contribution in [0.1, 0.15) is 5.76 Å². The quantitative estimate of drug-likeness (QED) is 0.871. The van der Waals surface area contributed by atoms with Crippen LogP contribution in [0, 0.1) is 0 Å². The van der Waals surface area contributed by atoms with Crippen LogP contribution in [-0.2, 0) is 21.2 Å². The highest BCUT2D eigenvalue weighted by molar-refractivity contribution is 7.92. The predicted molar refractivity (Wildman–Crippen MR) is 75.6 cm³/mol. The van der Waals surface area contributed by atoms with Gasteiger partial charge in [0, 0.05) is 0 Å². The Kier molecular flexibility index (Phi) is 4.64. The second kappa shape index (κ2) is 6.45. The summed E-state index contributed by atoms with van der Waals surface area (Å²) in [7, 11) is -2.18. The van der Waals surface area contributed by atoms with Crippen molar-refractivity contribution in [2.45, 2.75) is 11.4 Å². The van der Waals surface area contributed by atoms with Crippen LogP contribution < -0.4 is 10.1 Å². The zero-order chi connectivity index (χ0) is 15.3. The number of benzene rings is 1. The molecule has 7 heteroatoms. The van der Waals surface area contributed by atoms with Gasteiger partial charge in [0.2, 0.25) is 5.91 Å². The zero-order valence-corrected chi connectivity index (χ0v) is 12.2. The predicted octanol–water partition coefficient (Wildman–Crippen LogP) is 1.38. The number of hydrogen-bond acceptors (Lipinski definition) is 5. The highest BCUT2D eigenvalue weighted by atomic mass is 32.2. The number of methoxy groups -OCH3 is 1. The fourth-order valence-corrected chi connectivity index (χ4v) is 2.85. The van der Waals surface area contributed by atoms with Gasteiger partial charge in [-0.05, 0) is 36.4 Å². The fraction of sp³-hybridized carbons (Fsp3) is 0.214. The van der Waals surface area contributed by atoms with Gasteiger partial charge in [0.1, 0.15) is 17.3 Å². The summed E-state index contributed by atoms with van der Waals surface area (Å²) in [6, 6.07) is 9.27. The lowest BCUT2D eigenvalue weighted by Crippen LogP contribution is -2.29. The van der Waals surface area contributed by atoms with E-state index in [1.165, 1.54) is 37.6 Å². The van der Waals surface area contributed by atoms with Crippen molar-refractivity contribution in [3.05, 3.63) is 48.4 Å². The Morgan fingerprint density at radius 3 is 2.52 bits per heavy atom. The van der Waals surface area contributed by atoms with Crippen LogP contribution in [0.4, 0.5) is 0 Å². The number of ether oxygens (including phenoxy) is 1. The average Bonchev–Trinajstić information content (AvgIpc) is 2.98. The summed E-state index contributed by atoms with van der Waals surface area (Å²) in [4.78, 5) is 11.8. The lowest BCUT2D eigenvalue weighted by atomic mass is 10.3. The first-order valence-corrected chi connectivity index (χ1v) is 7.82. The molecule has 2 rings (SSSR count). The maximum Gasteiger partial charge on any atom is 0.235 e. The third-order valence-corrected chi connectivity index (χ3v) is 4.41. The normalized spacial score (nSPS) is 11.1. The molecule has 1 amide bonds. The van der Waals surface area contributed by atoms with E-state index in [9.17, 15) is 13.2 Å². The van der Waals surface area contributed by atoms with Crippen LogP contribution in [0.5, 0.6) is 5.75 Å². The topological polar surface area (TPSA) is 85.6 Å². The van der Waals surface area contributed by atoms with Gasteiger partial charge in [-0.2, -0.15) is 0 Å². The average molecular weight is 309 g/mol. The van der Waals surface area contributed by atoms with Crippen LogP contribution in [0.3, 0.4) is 0 Å². The van der Waals surface area contributed by atoms with Crippen LogP contribution >= 0.6 is 0 Å². The Morgan fingerprint density at radius 1 is 1.24 bits per heavy atom. The maximum atomic E-state index is 12.1. The molecular formula is C14H15NO5S. The van der Waals surface area contributed by atoms with Gasteiger partial charge in [-0.25, -0.2) is 8.42 Å². The number of furan rings is 1. The van der Waals surface area contributed by atoms with Gasteiger partial charge in [0.15, 0.2) is 9.84 Å². The van der Waals surface area contributed by atoms with Crippen molar-refractivity contribution >= 4 is 15.7 Å². The van der Waals surface area contributed by atoms with Crippen molar-refractivity contribution in [1.82, 2.24) is 5.32 Å². The molecule has 1 aromatic heterocycles. The van der Waals surface area contributed by atoms with Crippen molar-refractivity contribution in [3.8, 4) is 5.75 Å². The van der Waals surface area contributed by atoms with Crippen molar-refractivity contribution < 1.29 is 22.4 Å². The SMILES string of the molecule is COc1ccc(S(=O)(=O)CC(=O)NCc2ccco2)cc1. The number of carbonyl (C=O) groups excluding carboxylic acids is 1. The highest BCUT2D eigenvalue weighted by Crippen LogP contribution is 2.16. The second-order valence-corrected chi connectivity index (χ2v) is 6.28. The molecule has 0 unspecified atom stereocenters. The van der Waals surface area contributed by atoms with E-state index in [4.69, 9.17) is 9.15 Å². The summed E-state index contributed by atoms with van der Waals surface area (Å²) < 4.78 is 34.2. The summed E-state index contributed by atoms with van der Waals surface area (Å²) in [6.07, 6.45) is 1.48. The van der Waals surface area contributed by atoms with Gasteiger partial charge in [0.05, 0.1) is 24.8 Å². The molecule has 0 atom stereocenters. The molecule has 2 aromatic rings. The van der Waals surface area contributed by atoms with E-state index in [0.29, 0.717) is 11.5 Å². The molecule has 112 valence electrons. The molecule has 21 heavy (non-hydrogen) atoms. The monoisotopic (exact) mass is 309 g/mol. The molecule has 0 saturated heterocycles. The molecule has 0 bridgehead atoms. The fourth-order valence-electron chi connectivity index (χ4n) is 1.69. The molecule has 0 aliphatic carbocycles. The molecule has 0 fully saturated rings. The Balaban J connectivity index is 1.97. The third kappa shape index (κ3) is 4.09. The van der Waals surface area contributed by atoms with Crippen LogP contribution in [-0.4, -0.2) is 27.2 Å². The molecule has 0 radical (unpaired) electrons. The maximum absolute atomic E-state index is 12.1. The first-order valence-electron chi connectivity index (χ1n) is 6.17. The Morgan fingerprint density at radius 2 is 1.95 bits per heavy atom. The van der Waals surface area contributed by atoms with Crippen LogP contribution in [0.15, 0.2) is 52.0 Å². The number of rotatable bonds is 6. The number of amides is 1. The number of nitrogens with one attached hydrogen (secondary N) is 1. The molecule has 6 nitrogen and oxygen atoms in total. The van der Waals surface area contributed by atoms with E-state index in [1.807, 2.05) is 0 Å². The third-order valence-electron chi connectivity index (χ3n) is 2.78. The molecule has 0 aliphatic rings. The Bertz CT molecular complexity index is 689. The smallest absolute Gasteiger partial charge is 0.235 e. The van der Waals surface area contributed by atoms with Crippen LogP contribution in [0.25, 0.3) is 0 Å². The van der Waals surface area contributed by atoms with Crippen molar-refractivity contribution in [2.24, 2.45) is 0 Å². The van der Waals surface area contributed by atoms with Crippen molar-refractivity contribution in [3.63, 3.8) is 0 Å². The van der Waals surface area contributed by atoms with Crippen LogP contribution in [0.2, 0.25) is 0 Å². The van der Waals surface area contributed by atoms with Gasteiger partial charge in [-0.15, -0.1) is 0 Å². The minimum absolute atomic E-state index is 0.0800. The van der Waals surface area contributed by atoms with Gasteiger partial charge in [0.25, 0.3) is 0 Å². The molecule has 1 aromatic carbocycles. The molecule has 0 aliphatic heterocycles. The van der Waals surface area contributed by atoms with Crippen molar-refractivity contribution in [1.29, 1.82) is 0 Å². The molecule has 1 heterocycles. The number of sulfone groups is 1. The van der Waals surface area contributed by atoms with E-state index in [1.54, 1.807) is 12.1 Å². The van der Waals surface area contributed by atoms with Gasteiger partial charge in [-0.3, -0.25) is 4.79 Å². The summed E-state index contributed by atoms with van der Waals surface area (Å²) in [6.45, 7) is 0.157. The Labute approximate surface area is 122 Å². The minimum Gasteiger partial charge on any atom is -0.497 e. The molecule has 1 N–H and O–H groups in total. The summed E-state index contributed by atoms with van der Waals surface area (Å²) >= 11 is 0. The summed E-state index contributed by atoms with van der Waals surface area (Å²) in [5.74, 6) is -0.0799. The summed E-state index contributed by atoms with van der Waals surface area (Å²) in [5, 5.41) is 2.50. The lowest BCUT2D eigenvalue weighted by molar-refractivity contribution is -0.118.